The number of halogens is 1. The van der Waals surface area contributed by atoms with Crippen LogP contribution in [0.25, 0.3) is 0 Å². The summed E-state index contributed by atoms with van der Waals surface area (Å²) in [5.41, 5.74) is 6.29. The van der Waals surface area contributed by atoms with E-state index in [9.17, 15) is 14.0 Å². The van der Waals surface area contributed by atoms with Crippen molar-refractivity contribution >= 4 is 23.6 Å². The van der Waals surface area contributed by atoms with Crippen molar-refractivity contribution in [2.24, 2.45) is 11.1 Å². The maximum Gasteiger partial charge on any atom is 0.246 e. The fourth-order valence-electron chi connectivity index (χ4n) is 3.34. The Morgan fingerprint density at radius 2 is 2.24 bits per heavy atom. The summed E-state index contributed by atoms with van der Waals surface area (Å²) < 4.78 is 13.8. The van der Waals surface area contributed by atoms with E-state index in [4.69, 9.17) is 5.73 Å². The number of hydrogen-bond acceptors (Lipinski definition) is 4. The fourth-order valence-corrected chi connectivity index (χ4v) is 4.51. The quantitative estimate of drug-likeness (QED) is 0.840. The van der Waals surface area contributed by atoms with Gasteiger partial charge in [0, 0.05) is 18.8 Å². The van der Waals surface area contributed by atoms with Crippen molar-refractivity contribution in [1.82, 2.24) is 10.2 Å². The van der Waals surface area contributed by atoms with Gasteiger partial charge < -0.3 is 16.0 Å². The molecule has 0 bridgehead atoms. The standard InChI is InChI=1S/C18H24FN3O2S/c1-18(10-20)6-7-22(11-18)17(24)14-9-25-15(16(23)21-14)8-12-4-2-3-5-13(12)19/h2-5,14-15H,6-11,20H2,1H3,(H,21,23). The predicted molar refractivity (Wildman–Crippen MR) is 96.6 cm³/mol. The number of benzene rings is 1. The van der Waals surface area contributed by atoms with Crippen LogP contribution in [0.1, 0.15) is 18.9 Å². The van der Waals surface area contributed by atoms with Crippen molar-refractivity contribution in [3.8, 4) is 0 Å². The van der Waals surface area contributed by atoms with Crippen LogP contribution in [0.15, 0.2) is 24.3 Å². The Balaban J connectivity index is 1.58. The van der Waals surface area contributed by atoms with Gasteiger partial charge in [-0.2, -0.15) is 0 Å². The second-order valence-corrected chi connectivity index (χ2v) is 8.44. The molecule has 2 amide bonds. The number of rotatable bonds is 4. The molecule has 25 heavy (non-hydrogen) atoms. The summed E-state index contributed by atoms with van der Waals surface area (Å²) >= 11 is 1.42. The molecule has 1 aromatic carbocycles. The summed E-state index contributed by atoms with van der Waals surface area (Å²) in [6.07, 6.45) is 1.22. The lowest BCUT2D eigenvalue weighted by atomic mass is 9.90. The van der Waals surface area contributed by atoms with Crippen LogP contribution >= 0.6 is 11.8 Å². The van der Waals surface area contributed by atoms with Gasteiger partial charge in [0.1, 0.15) is 11.9 Å². The van der Waals surface area contributed by atoms with Crippen LogP contribution in [0.3, 0.4) is 0 Å². The average Bonchev–Trinajstić information content (AvgIpc) is 3.01. The third kappa shape index (κ3) is 3.98. The van der Waals surface area contributed by atoms with Crippen molar-refractivity contribution < 1.29 is 14.0 Å². The molecule has 0 aliphatic carbocycles. The lowest BCUT2D eigenvalue weighted by Gasteiger charge is -2.31. The Kier molecular flexibility index (Phi) is 5.34. The maximum atomic E-state index is 13.8. The summed E-state index contributed by atoms with van der Waals surface area (Å²) in [6.45, 7) is 3.95. The van der Waals surface area contributed by atoms with E-state index < -0.39 is 6.04 Å². The third-order valence-electron chi connectivity index (χ3n) is 5.10. The molecule has 2 heterocycles. The summed E-state index contributed by atoms with van der Waals surface area (Å²) in [5.74, 6) is -0.0206. The molecule has 2 fully saturated rings. The first-order valence-electron chi connectivity index (χ1n) is 8.56. The molecule has 5 nitrogen and oxygen atoms in total. The topological polar surface area (TPSA) is 75.4 Å². The number of hydrogen-bond donors (Lipinski definition) is 2. The summed E-state index contributed by atoms with van der Waals surface area (Å²) in [6, 6.07) is 5.98. The fraction of sp³-hybridized carbons (Fsp3) is 0.556. The van der Waals surface area contributed by atoms with Gasteiger partial charge in [0.05, 0.1) is 5.25 Å². The van der Waals surface area contributed by atoms with Crippen molar-refractivity contribution in [2.75, 3.05) is 25.4 Å². The number of carbonyl (C=O) groups excluding carboxylic acids is 2. The molecule has 0 saturated carbocycles. The Morgan fingerprint density at radius 1 is 1.48 bits per heavy atom. The Labute approximate surface area is 151 Å². The highest BCUT2D eigenvalue weighted by molar-refractivity contribution is 8.00. The summed E-state index contributed by atoms with van der Waals surface area (Å²) in [7, 11) is 0. The van der Waals surface area contributed by atoms with Gasteiger partial charge >= 0.3 is 0 Å². The van der Waals surface area contributed by atoms with Crippen molar-refractivity contribution in [2.45, 2.75) is 31.1 Å². The SMILES string of the molecule is CC1(CN)CCN(C(=O)C2CSC(Cc3ccccc3F)C(=O)N2)C1. The van der Waals surface area contributed by atoms with Crippen molar-refractivity contribution in [3.05, 3.63) is 35.6 Å². The number of carbonyl (C=O) groups is 2. The smallest absolute Gasteiger partial charge is 0.246 e. The number of amides is 2. The molecule has 3 rings (SSSR count). The van der Waals surface area contributed by atoms with E-state index in [1.807, 2.05) is 0 Å². The zero-order valence-electron chi connectivity index (χ0n) is 14.3. The Bertz CT molecular complexity index is 671. The average molecular weight is 365 g/mol. The van der Waals surface area contributed by atoms with Gasteiger partial charge in [-0.1, -0.05) is 25.1 Å². The second-order valence-electron chi connectivity index (χ2n) is 7.20. The molecule has 3 atom stereocenters. The Hall–Kier alpha value is -1.60. The summed E-state index contributed by atoms with van der Waals surface area (Å²) in [5, 5.41) is 2.46. The van der Waals surface area contributed by atoms with Gasteiger partial charge in [-0.3, -0.25) is 9.59 Å². The zero-order valence-corrected chi connectivity index (χ0v) is 15.2. The zero-order chi connectivity index (χ0) is 18.0. The minimum Gasteiger partial charge on any atom is -0.343 e. The van der Waals surface area contributed by atoms with Crippen LogP contribution in [0.5, 0.6) is 0 Å². The molecule has 3 N–H and O–H groups in total. The summed E-state index contributed by atoms with van der Waals surface area (Å²) in [4.78, 5) is 26.8. The van der Waals surface area contributed by atoms with Crippen LogP contribution in [0.2, 0.25) is 0 Å². The Morgan fingerprint density at radius 3 is 2.88 bits per heavy atom. The number of nitrogens with zero attached hydrogens (tertiary/aromatic N) is 1. The molecule has 7 heteroatoms. The molecule has 2 saturated heterocycles. The first-order chi connectivity index (χ1) is 11.9. The van der Waals surface area contributed by atoms with E-state index in [1.165, 1.54) is 17.8 Å². The van der Waals surface area contributed by atoms with Gasteiger partial charge in [0.25, 0.3) is 0 Å². The molecule has 0 spiro atoms. The van der Waals surface area contributed by atoms with Gasteiger partial charge in [-0.15, -0.1) is 11.8 Å². The van der Waals surface area contributed by atoms with Gasteiger partial charge in [-0.05, 0) is 36.4 Å². The molecule has 136 valence electrons. The number of nitrogens with two attached hydrogens (primary N) is 1. The number of thioether (sulfide) groups is 1. The van der Waals surface area contributed by atoms with Crippen LogP contribution in [-0.4, -0.2) is 53.4 Å². The molecule has 0 radical (unpaired) electrons. The molecular formula is C18H24FN3O2S. The predicted octanol–water partition coefficient (Wildman–Crippen LogP) is 1.17. The first-order valence-corrected chi connectivity index (χ1v) is 9.61. The van der Waals surface area contributed by atoms with Crippen LogP contribution in [0.4, 0.5) is 4.39 Å². The van der Waals surface area contributed by atoms with E-state index in [0.717, 1.165) is 6.42 Å². The second kappa shape index (κ2) is 7.33. The first kappa shape index (κ1) is 18.2. The van der Waals surface area contributed by atoms with E-state index in [2.05, 4.69) is 12.2 Å². The van der Waals surface area contributed by atoms with Crippen LogP contribution in [0, 0.1) is 11.2 Å². The number of nitrogens with one attached hydrogen (secondary N) is 1. The maximum absolute atomic E-state index is 13.8. The third-order valence-corrected chi connectivity index (χ3v) is 6.41. The molecule has 2 aliphatic heterocycles. The molecule has 1 aromatic rings. The van der Waals surface area contributed by atoms with Crippen molar-refractivity contribution in [1.29, 1.82) is 0 Å². The van der Waals surface area contributed by atoms with E-state index in [1.54, 1.807) is 23.1 Å². The minimum atomic E-state index is -0.505. The molecule has 2 aliphatic rings. The lowest BCUT2D eigenvalue weighted by molar-refractivity contribution is -0.135. The largest absolute Gasteiger partial charge is 0.343 e. The van der Waals surface area contributed by atoms with Gasteiger partial charge in [0.2, 0.25) is 11.8 Å². The van der Waals surface area contributed by atoms with Crippen LogP contribution < -0.4 is 11.1 Å². The van der Waals surface area contributed by atoms with Gasteiger partial charge in [0.15, 0.2) is 0 Å². The van der Waals surface area contributed by atoms with Crippen LogP contribution in [-0.2, 0) is 16.0 Å². The van der Waals surface area contributed by atoms with E-state index in [-0.39, 0.29) is 28.3 Å². The minimum absolute atomic E-state index is 0.0329. The molecular weight excluding hydrogens is 341 g/mol. The lowest BCUT2D eigenvalue weighted by Crippen LogP contribution is -2.55. The van der Waals surface area contributed by atoms with E-state index in [0.29, 0.717) is 37.4 Å². The van der Waals surface area contributed by atoms with Gasteiger partial charge in [-0.25, -0.2) is 4.39 Å². The molecule has 0 aromatic heterocycles. The monoisotopic (exact) mass is 365 g/mol. The highest BCUT2D eigenvalue weighted by atomic mass is 32.2. The number of likely N-dealkylation sites (tertiary alicyclic amines) is 1. The highest BCUT2D eigenvalue weighted by Crippen LogP contribution is 2.30. The normalized spacial score (nSPS) is 29.6. The highest BCUT2D eigenvalue weighted by Gasteiger charge is 2.40. The molecule has 3 unspecified atom stereocenters. The van der Waals surface area contributed by atoms with Crippen molar-refractivity contribution in [3.63, 3.8) is 0 Å². The van der Waals surface area contributed by atoms with E-state index >= 15 is 0 Å².